The second kappa shape index (κ2) is 12.9. The van der Waals surface area contributed by atoms with Gasteiger partial charge in [0.05, 0.1) is 0 Å². The van der Waals surface area contributed by atoms with E-state index in [4.69, 9.17) is 0 Å². The molecule has 4 aromatic carbocycles. The van der Waals surface area contributed by atoms with Gasteiger partial charge in [-0.25, -0.2) is 87.8 Å². The zero-order valence-electron chi connectivity index (χ0n) is 24.3. The van der Waals surface area contributed by atoms with Crippen LogP contribution in [-0.4, -0.2) is 12.3 Å². The van der Waals surface area contributed by atoms with Crippen molar-refractivity contribution in [3.05, 3.63) is 146 Å². The van der Waals surface area contributed by atoms with Gasteiger partial charge in [-0.2, -0.15) is 0 Å². The van der Waals surface area contributed by atoms with Crippen LogP contribution in [0.1, 0.15) is 5.56 Å². The maximum absolute atomic E-state index is 16.8. The predicted molar refractivity (Wildman–Crippen MR) is 140 cm³/mol. The van der Waals surface area contributed by atoms with Crippen LogP contribution in [0.3, 0.4) is 0 Å². The first-order valence-corrected chi connectivity index (χ1v) is 13.7. The summed E-state index contributed by atoms with van der Waals surface area (Å²) in [5.41, 5.74) is -11.7. The highest BCUT2D eigenvalue weighted by Gasteiger charge is 2.66. The molecule has 276 valence electrons. The number of alkyl halides is 1. The van der Waals surface area contributed by atoms with E-state index >= 15 is 70.2 Å². The van der Waals surface area contributed by atoms with Crippen LogP contribution in [0.5, 0.6) is 0 Å². The van der Waals surface area contributed by atoms with E-state index in [-0.39, 0.29) is 0 Å². The third-order valence-corrected chi connectivity index (χ3v) is 8.82. The average Bonchev–Trinajstić information content (AvgIpc) is 3.13. The zero-order valence-corrected chi connectivity index (χ0v) is 24.3. The van der Waals surface area contributed by atoms with Crippen LogP contribution >= 0.6 is 0 Å². The van der Waals surface area contributed by atoms with Gasteiger partial charge in [-0.05, 0) is 11.7 Å². The Morgan fingerprint density at radius 2 is 0.692 bits per heavy atom. The van der Waals surface area contributed by atoms with E-state index in [1.54, 1.807) is 0 Å². The van der Waals surface area contributed by atoms with Crippen molar-refractivity contribution in [1.29, 1.82) is 0 Å². The molecule has 0 radical (unpaired) electrons. The van der Waals surface area contributed by atoms with Gasteiger partial charge in [0.25, 0.3) is 0 Å². The van der Waals surface area contributed by atoms with E-state index in [9.17, 15) is 17.6 Å². The molecule has 0 aromatic heterocycles. The minimum absolute atomic E-state index is 0.544. The maximum Gasteiger partial charge on any atom is 0.200 e. The summed E-state index contributed by atoms with van der Waals surface area (Å²) >= 11 is 0. The first-order chi connectivity index (χ1) is 24.2. The van der Waals surface area contributed by atoms with Gasteiger partial charge in [0.2, 0.25) is 0 Å². The Kier molecular flexibility index (Phi) is 9.50. The highest BCUT2D eigenvalue weighted by molar-refractivity contribution is 7.14. The number of hydrogen-bond donors (Lipinski definition) is 0. The normalized spacial score (nSPS) is 18.2. The van der Waals surface area contributed by atoms with Crippen LogP contribution < -0.4 is 16.4 Å². The Labute approximate surface area is 275 Å². The molecule has 21 heteroatoms. The molecule has 2 unspecified atom stereocenters. The molecule has 0 bridgehead atoms. The van der Waals surface area contributed by atoms with Crippen molar-refractivity contribution >= 4 is 22.5 Å². The van der Waals surface area contributed by atoms with Crippen LogP contribution in [0.2, 0.25) is 5.31 Å². The van der Waals surface area contributed by atoms with Gasteiger partial charge >= 0.3 is 0 Å². The van der Waals surface area contributed by atoms with E-state index < -0.39 is 157 Å². The molecular weight excluding hydrogens is 763 g/mol. The lowest BCUT2D eigenvalue weighted by Gasteiger charge is -2.59. The zero-order chi connectivity index (χ0) is 39.1. The number of benzene rings is 4. The Bertz CT molecular complexity index is 1990. The lowest BCUT2D eigenvalue weighted by Crippen LogP contribution is -2.81. The summed E-state index contributed by atoms with van der Waals surface area (Å²) in [6.45, 7) is 0. The molecule has 4 aromatic rings. The number of halogens is 20. The van der Waals surface area contributed by atoms with Crippen LogP contribution in [0.15, 0.2) is 53.6 Å². The van der Waals surface area contributed by atoms with Crippen LogP contribution in [-0.2, 0) is 6.42 Å². The van der Waals surface area contributed by atoms with Crippen molar-refractivity contribution < 1.29 is 87.8 Å². The van der Waals surface area contributed by atoms with Gasteiger partial charge in [0.1, 0.15) is 53.0 Å². The van der Waals surface area contributed by atoms with Crippen molar-refractivity contribution in [2.75, 3.05) is 0 Å². The Morgan fingerprint density at radius 1 is 0.404 bits per heavy atom. The third kappa shape index (κ3) is 4.79. The maximum atomic E-state index is 16.8. The molecule has 0 heterocycles. The van der Waals surface area contributed by atoms with Crippen LogP contribution in [0, 0.1) is 87.3 Å². The fourth-order valence-electron chi connectivity index (χ4n) is 6.73. The molecule has 0 amide bonds. The van der Waals surface area contributed by atoms with Crippen molar-refractivity contribution in [1.82, 2.24) is 0 Å². The Balaban J connectivity index is 2.38. The van der Waals surface area contributed by atoms with Crippen LogP contribution in [0.4, 0.5) is 87.8 Å². The minimum atomic E-state index is -7.33. The summed E-state index contributed by atoms with van der Waals surface area (Å²) in [6.07, 6.45) is -14.7. The lowest BCUT2D eigenvalue weighted by molar-refractivity contribution is 0.210. The topological polar surface area (TPSA) is 0 Å². The molecule has 0 saturated carbocycles. The van der Waals surface area contributed by atoms with E-state index in [0.29, 0.717) is 12.1 Å². The SMILES string of the molecule is FC1=C(F)C(F)C(Cc2ccccc2)([B-](c2c(F)c(F)c(F)c(F)c2F)(c2c(F)c(F)c(F)c(F)c2F)c2c(F)c(F)c(F)c(F)c2F)C(F)=C1F. The van der Waals surface area contributed by atoms with Crippen LogP contribution in [0.25, 0.3) is 0 Å². The van der Waals surface area contributed by atoms with Gasteiger partial charge < -0.3 is 0 Å². The molecular formula is C31H8BF20-. The number of hydrogen-bond acceptors (Lipinski definition) is 0. The second-order valence-corrected chi connectivity index (χ2v) is 11.2. The minimum Gasteiger partial charge on any atom is -0.242 e. The first-order valence-electron chi connectivity index (χ1n) is 13.7. The van der Waals surface area contributed by atoms with Gasteiger partial charge in [-0.15, -0.1) is 16.4 Å². The summed E-state index contributed by atoms with van der Waals surface area (Å²) in [7, 11) is 0. The fraction of sp³-hybridized carbons (Fsp3) is 0.0968. The fourth-order valence-corrected chi connectivity index (χ4v) is 6.73. The monoisotopic (exact) mass is 771 g/mol. The first kappa shape index (κ1) is 38.3. The molecule has 0 nitrogen and oxygen atoms in total. The predicted octanol–water partition coefficient (Wildman–Crippen LogP) is 8.88. The summed E-state index contributed by atoms with van der Waals surface area (Å²) in [6, 6.07) is 3.69. The summed E-state index contributed by atoms with van der Waals surface area (Å²) in [5.74, 6) is -67.2. The van der Waals surface area contributed by atoms with E-state index in [0.717, 1.165) is 18.2 Å². The van der Waals surface area contributed by atoms with E-state index in [2.05, 4.69) is 0 Å². The van der Waals surface area contributed by atoms with Crippen molar-refractivity contribution in [2.45, 2.75) is 17.9 Å². The largest absolute Gasteiger partial charge is 0.242 e. The molecule has 0 saturated heterocycles. The summed E-state index contributed by atoms with van der Waals surface area (Å²) in [4.78, 5) is 0. The van der Waals surface area contributed by atoms with Gasteiger partial charge in [-0.1, -0.05) is 35.9 Å². The smallest absolute Gasteiger partial charge is 0.200 e. The average molecular weight is 771 g/mol. The quantitative estimate of drug-likeness (QED) is 0.0796. The molecule has 2 atom stereocenters. The van der Waals surface area contributed by atoms with Crippen molar-refractivity contribution in [3.8, 4) is 0 Å². The van der Waals surface area contributed by atoms with E-state index in [1.807, 2.05) is 0 Å². The molecule has 0 aliphatic heterocycles. The molecule has 5 rings (SSSR count). The van der Waals surface area contributed by atoms with Gasteiger partial charge in [0.15, 0.2) is 69.8 Å². The summed E-state index contributed by atoms with van der Waals surface area (Å²) < 4.78 is 309. The molecule has 1 aliphatic carbocycles. The van der Waals surface area contributed by atoms with Crippen molar-refractivity contribution in [3.63, 3.8) is 0 Å². The number of rotatable bonds is 6. The van der Waals surface area contributed by atoms with Crippen molar-refractivity contribution in [2.24, 2.45) is 0 Å². The molecule has 0 N–H and O–H groups in total. The van der Waals surface area contributed by atoms with E-state index in [1.165, 1.54) is 0 Å². The second-order valence-electron chi connectivity index (χ2n) is 11.2. The molecule has 0 spiro atoms. The highest BCUT2D eigenvalue weighted by atomic mass is 19.2. The Hall–Kier alpha value is -4.98. The van der Waals surface area contributed by atoms with Gasteiger partial charge in [-0.3, -0.25) is 0 Å². The Morgan fingerprint density at radius 3 is 1.00 bits per heavy atom. The highest BCUT2D eigenvalue weighted by Crippen LogP contribution is 2.60. The lowest BCUT2D eigenvalue weighted by atomic mass is 9.04. The standard InChI is InChI=1S/C31H8BF20/c33-11-8(12(34)18(40)23(45)17(11)39)32(9-13(35)19(41)24(46)20(42)14(9)36,10-15(37)21(43)25(47)22(44)16(10)38)31(6-7-4-2-1-3-5-7)29(51)27(49)26(48)28(50)30(31)52/h1-5,29H,6H2/q-1. The third-order valence-electron chi connectivity index (χ3n) is 8.82. The summed E-state index contributed by atoms with van der Waals surface area (Å²) in [5, 5.41) is -5.42. The molecule has 1 aliphatic rings. The number of allylic oxidation sites excluding steroid dienone is 4. The molecule has 52 heavy (non-hydrogen) atoms. The molecule has 0 fully saturated rings. The van der Waals surface area contributed by atoms with Gasteiger partial charge in [0, 0.05) is 0 Å².